The van der Waals surface area contributed by atoms with Crippen LogP contribution in [-0.4, -0.2) is 12.1 Å². The van der Waals surface area contributed by atoms with Gasteiger partial charge in [0.05, 0.1) is 0 Å². The van der Waals surface area contributed by atoms with Crippen molar-refractivity contribution in [3.63, 3.8) is 0 Å². The summed E-state index contributed by atoms with van der Waals surface area (Å²) in [6.07, 6.45) is 1.21. The van der Waals surface area contributed by atoms with Crippen LogP contribution in [0.5, 0.6) is 0 Å². The van der Waals surface area contributed by atoms with E-state index in [9.17, 15) is 4.79 Å². The zero-order valence-electron chi connectivity index (χ0n) is 6.79. The van der Waals surface area contributed by atoms with Crippen molar-refractivity contribution < 1.29 is 4.79 Å². The normalized spacial score (nSPS) is 9.42. The Morgan fingerprint density at radius 3 is 2.75 bits per heavy atom. The van der Waals surface area contributed by atoms with Gasteiger partial charge in [0.1, 0.15) is 0 Å². The minimum absolute atomic E-state index is 0.444. The summed E-state index contributed by atoms with van der Waals surface area (Å²) in [5.74, 6) is -0.460. The highest BCUT2D eigenvalue weighted by atomic mass is 16.1. The minimum atomic E-state index is -0.460. The highest BCUT2D eigenvalue weighted by Crippen LogP contribution is 2.08. The summed E-state index contributed by atoms with van der Waals surface area (Å²) in [5, 5.41) is 7.05. The third-order valence-electron chi connectivity index (χ3n) is 1.72. The predicted molar refractivity (Wildman–Crippen MR) is 47.6 cm³/mol. The number of amides is 1. The van der Waals surface area contributed by atoms with Crippen LogP contribution in [0.2, 0.25) is 0 Å². The zero-order valence-corrected chi connectivity index (χ0v) is 6.79. The molecule has 0 unspecified atom stereocenters. The van der Waals surface area contributed by atoms with Crippen LogP contribution in [0, 0.1) is 12.3 Å². The summed E-state index contributed by atoms with van der Waals surface area (Å²) >= 11 is 0. The number of hydrogen-bond donors (Lipinski definition) is 2. The Bertz CT molecular complexity index is 331. The van der Waals surface area contributed by atoms with Gasteiger partial charge in [-0.2, -0.15) is 0 Å². The lowest BCUT2D eigenvalue weighted by Gasteiger charge is -2.00. The van der Waals surface area contributed by atoms with Crippen molar-refractivity contribution in [2.45, 2.75) is 6.92 Å². The lowest BCUT2D eigenvalue weighted by molar-refractivity contribution is 0.100. The van der Waals surface area contributed by atoms with Gasteiger partial charge in [0.2, 0.25) is 5.91 Å². The van der Waals surface area contributed by atoms with Crippen LogP contribution >= 0.6 is 0 Å². The largest absolute Gasteiger partial charge is 0.366 e. The van der Waals surface area contributed by atoms with Crippen LogP contribution < -0.4 is 5.73 Å². The maximum absolute atomic E-state index is 10.7. The van der Waals surface area contributed by atoms with E-state index in [0.29, 0.717) is 5.56 Å². The number of carbonyl (C=O) groups excluding carboxylic acids is 1. The zero-order chi connectivity index (χ0) is 9.14. The second-order valence-corrected chi connectivity index (χ2v) is 2.58. The maximum atomic E-state index is 10.7. The molecule has 62 valence electrons. The Hall–Kier alpha value is -1.64. The molecule has 0 bridgehead atoms. The second-order valence-electron chi connectivity index (χ2n) is 2.58. The summed E-state index contributed by atoms with van der Waals surface area (Å²) in [7, 11) is 0. The summed E-state index contributed by atoms with van der Waals surface area (Å²) in [5.41, 5.74) is 7.21. The molecule has 0 saturated carbocycles. The number of carbonyl (C=O) groups is 1. The Kier molecular flexibility index (Phi) is 2.24. The van der Waals surface area contributed by atoms with E-state index in [4.69, 9.17) is 11.1 Å². The fourth-order valence-corrected chi connectivity index (χ4v) is 0.949. The Morgan fingerprint density at radius 1 is 1.58 bits per heavy atom. The fraction of sp³-hybridized carbons (Fsp3) is 0.111. The topological polar surface area (TPSA) is 66.9 Å². The van der Waals surface area contributed by atoms with Gasteiger partial charge in [-0.3, -0.25) is 4.79 Å². The number of hydrogen-bond acceptors (Lipinski definition) is 2. The monoisotopic (exact) mass is 162 g/mol. The van der Waals surface area contributed by atoms with Crippen LogP contribution in [0.3, 0.4) is 0 Å². The first-order chi connectivity index (χ1) is 5.65. The van der Waals surface area contributed by atoms with Crippen molar-refractivity contribution in [2.24, 2.45) is 5.73 Å². The molecule has 3 N–H and O–H groups in total. The molecule has 1 aromatic rings. The summed E-state index contributed by atoms with van der Waals surface area (Å²) in [4.78, 5) is 10.7. The van der Waals surface area contributed by atoms with Gasteiger partial charge >= 0.3 is 0 Å². The molecular formula is C9H10N2O. The van der Waals surface area contributed by atoms with Gasteiger partial charge in [-0.05, 0) is 30.2 Å². The molecule has 0 heterocycles. The quantitative estimate of drug-likeness (QED) is 0.628. The third-order valence-corrected chi connectivity index (χ3v) is 1.72. The fourth-order valence-electron chi connectivity index (χ4n) is 0.949. The number of aryl methyl sites for hydroxylation is 1. The molecule has 3 nitrogen and oxygen atoms in total. The molecule has 0 aliphatic carbocycles. The first kappa shape index (κ1) is 8.46. The van der Waals surface area contributed by atoms with Crippen LogP contribution in [0.25, 0.3) is 0 Å². The van der Waals surface area contributed by atoms with Gasteiger partial charge in [0.25, 0.3) is 0 Å². The third kappa shape index (κ3) is 1.50. The number of benzene rings is 1. The van der Waals surface area contributed by atoms with Crippen LogP contribution in [-0.2, 0) is 0 Å². The maximum Gasteiger partial charge on any atom is 0.248 e. The molecule has 0 saturated heterocycles. The van der Waals surface area contributed by atoms with E-state index >= 15 is 0 Å². The smallest absolute Gasteiger partial charge is 0.248 e. The van der Waals surface area contributed by atoms with Crippen LogP contribution in [0.4, 0.5) is 0 Å². The summed E-state index contributed by atoms with van der Waals surface area (Å²) in [6, 6.07) is 5.05. The van der Waals surface area contributed by atoms with Crippen molar-refractivity contribution in [3.8, 4) is 0 Å². The lowest BCUT2D eigenvalue weighted by atomic mass is 10.1. The standard InChI is InChI=1S/C9H10N2O/c1-6-2-3-7(9(11)12)4-8(6)5-10/h2-5,10H,1H3,(H2,11,12). The van der Waals surface area contributed by atoms with Gasteiger partial charge in [-0.25, -0.2) is 0 Å². The SMILES string of the molecule is Cc1ccc(C(N)=O)cc1C=N. The Morgan fingerprint density at radius 2 is 2.25 bits per heavy atom. The van der Waals surface area contributed by atoms with E-state index in [0.717, 1.165) is 11.1 Å². The lowest BCUT2D eigenvalue weighted by Crippen LogP contribution is -2.11. The Labute approximate surface area is 70.7 Å². The average Bonchev–Trinajstić information content (AvgIpc) is 2.05. The number of nitrogens with two attached hydrogens (primary N) is 1. The molecule has 0 aliphatic heterocycles. The molecule has 1 amide bonds. The molecule has 0 aromatic heterocycles. The molecular weight excluding hydrogens is 152 g/mol. The molecule has 0 radical (unpaired) electrons. The van der Waals surface area contributed by atoms with Gasteiger partial charge in [0.15, 0.2) is 0 Å². The first-order valence-corrected chi connectivity index (χ1v) is 3.56. The molecule has 0 fully saturated rings. The molecule has 1 aromatic carbocycles. The molecule has 0 atom stereocenters. The van der Waals surface area contributed by atoms with Gasteiger partial charge in [-0.15, -0.1) is 0 Å². The van der Waals surface area contributed by atoms with Gasteiger partial charge in [-0.1, -0.05) is 6.07 Å². The van der Waals surface area contributed by atoms with Crippen LogP contribution in [0.1, 0.15) is 21.5 Å². The van der Waals surface area contributed by atoms with E-state index < -0.39 is 5.91 Å². The van der Waals surface area contributed by atoms with Crippen LogP contribution in [0.15, 0.2) is 18.2 Å². The average molecular weight is 162 g/mol. The van der Waals surface area contributed by atoms with Crippen molar-refractivity contribution >= 4 is 12.1 Å². The van der Waals surface area contributed by atoms with Crippen molar-refractivity contribution in [1.29, 1.82) is 5.41 Å². The van der Waals surface area contributed by atoms with Gasteiger partial charge in [0, 0.05) is 11.8 Å². The molecule has 0 aliphatic rings. The van der Waals surface area contributed by atoms with E-state index in [2.05, 4.69) is 0 Å². The van der Waals surface area contributed by atoms with Gasteiger partial charge < -0.3 is 11.1 Å². The molecule has 0 spiro atoms. The highest BCUT2D eigenvalue weighted by Gasteiger charge is 2.01. The highest BCUT2D eigenvalue weighted by molar-refractivity contribution is 5.95. The minimum Gasteiger partial charge on any atom is -0.366 e. The molecule has 1 rings (SSSR count). The van der Waals surface area contributed by atoms with E-state index in [1.165, 1.54) is 6.21 Å². The first-order valence-electron chi connectivity index (χ1n) is 3.56. The molecule has 12 heavy (non-hydrogen) atoms. The molecule has 3 heteroatoms. The number of primary amides is 1. The van der Waals surface area contributed by atoms with E-state index in [1.807, 2.05) is 6.92 Å². The second kappa shape index (κ2) is 3.17. The van der Waals surface area contributed by atoms with E-state index in [-0.39, 0.29) is 0 Å². The Balaban J connectivity index is 3.22. The summed E-state index contributed by atoms with van der Waals surface area (Å²) < 4.78 is 0. The number of nitrogens with one attached hydrogen (secondary N) is 1. The van der Waals surface area contributed by atoms with Crippen molar-refractivity contribution in [2.75, 3.05) is 0 Å². The predicted octanol–water partition coefficient (Wildman–Crippen LogP) is 1.09. The summed E-state index contributed by atoms with van der Waals surface area (Å²) in [6.45, 7) is 1.88. The van der Waals surface area contributed by atoms with E-state index in [1.54, 1.807) is 18.2 Å². The number of rotatable bonds is 2. The van der Waals surface area contributed by atoms with Crippen molar-refractivity contribution in [3.05, 3.63) is 34.9 Å². The van der Waals surface area contributed by atoms with Crippen molar-refractivity contribution in [1.82, 2.24) is 0 Å².